The van der Waals surface area contributed by atoms with E-state index in [4.69, 9.17) is 5.11 Å². The molecular weight excluding hydrogens is 294 g/mol. The molecule has 0 spiro atoms. The van der Waals surface area contributed by atoms with E-state index in [1.807, 2.05) is 30.3 Å². The zero-order chi connectivity index (χ0) is 15.2. The largest absolute Gasteiger partial charge is 0.476 e. The standard InChI is InChI=1S/C13H13N3O4S/c1-20-13(19)11-10(12(17)18)14-16(15-11)7-8-21-9-5-3-2-4-6-9/h2-6H,7-8H2,1H3,(H,17,18). The first-order valence-electron chi connectivity index (χ1n) is 6.06. The maximum absolute atomic E-state index is 11.4. The quantitative estimate of drug-likeness (QED) is 0.639. The van der Waals surface area contributed by atoms with Gasteiger partial charge in [-0.2, -0.15) is 4.80 Å². The van der Waals surface area contributed by atoms with Crippen molar-refractivity contribution in [3.63, 3.8) is 0 Å². The van der Waals surface area contributed by atoms with Gasteiger partial charge >= 0.3 is 11.9 Å². The maximum Gasteiger partial charge on any atom is 0.361 e. The fourth-order valence-corrected chi connectivity index (χ4v) is 2.43. The van der Waals surface area contributed by atoms with Crippen molar-refractivity contribution < 1.29 is 19.4 Å². The fraction of sp³-hybridized carbons (Fsp3) is 0.231. The fourth-order valence-electron chi connectivity index (χ4n) is 1.59. The van der Waals surface area contributed by atoms with Crippen LogP contribution >= 0.6 is 11.8 Å². The zero-order valence-corrected chi connectivity index (χ0v) is 12.0. The first-order valence-corrected chi connectivity index (χ1v) is 7.05. The molecule has 0 radical (unpaired) electrons. The number of carboxylic acid groups (broad SMARTS) is 1. The van der Waals surface area contributed by atoms with E-state index in [0.717, 1.165) is 12.0 Å². The summed E-state index contributed by atoms with van der Waals surface area (Å²) in [5, 5.41) is 16.7. The zero-order valence-electron chi connectivity index (χ0n) is 11.2. The number of aryl methyl sites for hydroxylation is 1. The number of carboxylic acids is 1. The van der Waals surface area contributed by atoms with Crippen LogP contribution in [-0.2, 0) is 11.3 Å². The summed E-state index contributed by atoms with van der Waals surface area (Å²) < 4.78 is 4.49. The lowest BCUT2D eigenvalue weighted by atomic mass is 10.3. The van der Waals surface area contributed by atoms with Crippen molar-refractivity contribution in [2.24, 2.45) is 0 Å². The highest BCUT2D eigenvalue weighted by Crippen LogP contribution is 2.17. The number of esters is 1. The highest BCUT2D eigenvalue weighted by Gasteiger charge is 2.24. The van der Waals surface area contributed by atoms with Gasteiger partial charge in [-0.3, -0.25) is 0 Å². The van der Waals surface area contributed by atoms with Gasteiger partial charge in [0.05, 0.1) is 13.7 Å². The Bertz CT molecular complexity index is 642. The van der Waals surface area contributed by atoms with Crippen LogP contribution in [0.25, 0.3) is 0 Å². The summed E-state index contributed by atoms with van der Waals surface area (Å²) in [6.45, 7) is 0.386. The highest BCUT2D eigenvalue weighted by atomic mass is 32.2. The smallest absolute Gasteiger partial charge is 0.361 e. The van der Waals surface area contributed by atoms with E-state index < -0.39 is 17.6 Å². The van der Waals surface area contributed by atoms with Crippen LogP contribution in [0.4, 0.5) is 0 Å². The topological polar surface area (TPSA) is 94.3 Å². The first kappa shape index (κ1) is 15.0. The van der Waals surface area contributed by atoms with Gasteiger partial charge in [0.15, 0.2) is 0 Å². The molecule has 0 aliphatic heterocycles. The van der Waals surface area contributed by atoms with Gasteiger partial charge in [0.25, 0.3) is 0 Å². The van der Waals surface area contributed by atoms with Gasteiger partial charge in [-0.25, -0.2) is 9.59 Å². The van der Waals surface area contributed by atoms with Gasteiger partial charge < -0.3 is 9.84 Å². The maximum atomic E-state index is 11.4. The Morgan fingerprint density at radius 2 is 1.90 bits per heavy atom. The molecule has 0 saturated heterocycles. The molecule has 0 saturated carbocycles. The second kappa shape index (κ2) is 6.89. The number of aromatic carboxylic acids is 1. The molecule has 2 rings (SSSR count). The van der Waals surface area contributed by atoms with E-state index in [1.165, 1.54) is 4.80 Å². The summed E-state index contributed by atoms with van der Waals surface area (Å²) in [5.74, 6) is -1.47. The number of hydrogen-bond donors (Lipinski definition) is 1. The molecule has 0 unspecified atom stereocenters. The lowest BCUT2D eigenvalue weighted by Gasteiger charge is -2.00. The second-order valence-electron chi connectivity index (χ2n) is 3.95. The molecule has 8 heteroatoms. The number of nitrogens with zero attached hydrogens (tertiary/aromatic N) is 3. The van der Waals surface area contributed by atoms with Crippen molar-refractivity contribution in [3.8, 4) is 0 Å². The molecule has 0 fully saturated rings. The average Bonchev–Trinajstić information content (AvgIpc) is 2.92. The number of carbonyl (C=O) groups excluding carboxylic acids is 1. The summed E-state index contributed by atoms with van der Waals surface area (Å²) >= 11 is 1.59. The van der Waals surface area contributed by atoms with Crippen molar-refractivity contribution in [2.75, 3.05) is 12.9 Å². The Hall–Kier alpha value is -2.35. The molecule has 21 heavy (non-hydrogen) atoms. The third-order valence-corrected chi connectivity index (χ3v) is 3.53. The number of carbonyl (C=O) groups is 2. The van der Waals surface area contributed by atoms with Crippen molar-refractivity contribution in [1.29, 1.82) is 0 Å². The third kappa shape index (κ3) is 3.82. The minimum Gasteiger partial charge on any atom is -0.476 e. The summed E-state index contributed by atoms with van der Waals surface area (Å²) in [6.07, 6.45) is 0. The first-order chi connectivity index (χ1) is 10.1. The molecule has 1 heterocycles. The van der Waals surface area contributed by atoms with Crippen LogP contribution in [0.5, 0.6) is 0 Å². The van der Waals surface area contributed by atoms with Gasteiger partial charge in [-0.1, -0.05) is 18.2 Å². The van der Waals surface area contributed by atoms with E-state index in [0.29, 0.717) is 12.3 Å². The van der Waals surface area contributed by atoms with Crippen molar-refractivity contribution >= 4 is 23.7 Å². The molecule has 110 valence electrons. The molecule has 1 N–H and O–H groups in total. The van der Waals surface area contributed by atoms with Crippen LogP contribution in [0, 0.1) is 0 Å². The summed E-state index contributed by atoms with van der Waals surface area (Å²) in [4.78, 5) is 24.8. The second-order valence-corrected chi connectivity index (χ2v) is 5.12. The molecule has 0 aliphatic rings. The van der Waals surface area contributed by atoms with E-state index in [-0.39, 0.29) is 5.69 Å². The van der Waals surface area contributed by atoms with Crippen molar-refractivity contribution in [2.45, 2.75) is 11.4 Å². The molecule has 2 aromatic rings. The normalized spacial score (nSPS) is 10.3. The number of thioether (sulfide) groups is 1. The number of ether oxygens (including phenoxy) is 1. The van der Waals surface area contributed by atoms with E-state index >= 15 is 0 Å². The van der Waals surface area contributed by atoms with E-state index in [2.05, 4.69) is 14.9 Å². The Kier molecular flexibility index (Phi) is 4.94. The molecule has 1 aromatic carbocycles. The average molecular weight is 307 g/mol. The Labute approximate surface area is 124 Å². The number of benzene rings is 1. The van der Waals surface area contributed by atoms with Crippen molar-refractivity contribution in [1.82, 2.24) is 15.0 Å². The summed E-state index contributed by atoms with van der Waals surface area (Å²) in [5.41, 5.74) is -0.679. The molecular formula is C13H13N3O4S. The minimum absolute atomic E-state index is 0.283. The Morgan fingerprint density at radius 1 is 1.24 bits per heavy atom. The summed E-state index contributed by atoms with van der Waals surface area (Å²) in [7, 11) is 1.16. The number of rotatable bonds is 6. The van der Waals surface area contributed by atoms with Gasteiger partial charge in [-0.15, -0.1) is 22.0 Å². The van der Waals surface area contributed by atoms with Gasteiger partial charge in [0.1, 0.15) is 0 Å². The monoisotopic (exact) mass is 307 g/mol. The van der Waals surface area contributed by atoms with Crippen molar-refractivity contribution in [3.05, 3.63) is 41.7 Å². The van der Waals surface area contributed by atoms with Crippen LogP contribution in [0.15, 0.2) is 35.2 Å². The van der Waals surface area contributed by atoms with Crippen LogP contribution < -0.4 is 0 Å². The van der Waals surface area contributed by atoms with E-state index in [9.17, 15) is 9.59 Å². The summed E-state index contributed by atoms with van der Waals surface area (Å²) in [6, 6.07) is 9.76. The predicted octanol–water partition coefficient (Wildman–Crippen LogP) is 1.56. The minimum atomic E-state index is -1.31. The lowest BCUT2D eigenvalue weighted by molar-refractivity contribution is 0.0575. The lowest BCUT2D eigenvalue weighted by Crippen LogP contribution is -2.09. The number of hydrogen-bond acceptors (Lipinski definition) is 6. The van der Waals surface area contributed by atoms with Crippen LogP contribution in [0.3, 0.4) is 0 Å². The molecule has 7 nitrogen and oxygen atoms in total. The molecule has 0 amide bonds. The van der Waals surface area contributed by atoms with Crippen LogP contribution in [0.2, 0.25) is 0 Å². The Morgan fingerprint density at radius 3 is 2.52 bits per heavy atom. The SMILES string of the molecule is COC(=O)c1nn(CCSc2ccccc2)nc1C(=O)O. The van der Waals surface area contributed by atoms with E-state index in [1.54, 1.807) is 11.8 Å². The van der Waals surface area contributed by atoms with Gasteiger partial charge in [-0.05, 0) is 12.1 Å². The van der Waals surface area contributed by atoms with Gasteiger partial charge in [0.2, 0.25) is 11.4 Å². The molecule has 0 atom stereocenters. The molecule has 1 aromatic heterocycles. The predicted molar refractivity (Wildman–Crippen MR) is 75.5 cm³/mol. The van der Waals surface area contributed by atoms with Gasteiger partial charge in [0, 0.05) is 10.6 Å². The Balaban J connectivity index is 2.03. The highest BCUT2D eigenvalue weighted by molar-refractivity contribution is 7.99. The van der Waals surface area contributed by atoms with Crippen LogP contribution in [-0.4, -0.2) is 44.9 Å². The number of methoxy groups -OCH3 is 1. The van der Waals surface area contributed by atoms with Crippen LogP contribution in [0.1, 0.15) is 21.0 Å². The number of aromatic nitrogens is 3. The molecule has 0 aliphatic carbocycles. The third-order valence-electron chi connectivity index (χ3n) is 2.54. The molecule has 0 bridgehead atoms.